The average Bonchev–Trinajstić information content (AvgIpc) is 2.18. The van der Waals surface area contributed by atoms with E-state index in [-0.39, 0.29) is 18.9 Å². The van der Waals surface area contributed by atoms with Crippen LogP contribution in [0.3, 0.4) is 0 Å². The minimum atomic E-state index is -0.630. The Morgan fingerprint density at radius 3 is 2.53 bits per heavy atom. The van der Waals surface area contributed by atoms with Gasteiger partial charge in [-0.3, -0.25) is 14.4 Å². The van der Waals surface area contributed by atoms with Crippen molar-refractivity contribution in [1.29, 1.82) is 0 Å². The fourth-order valence-corrected chi connectivity index (χ4v) is 1.01. The molecule has 0 atom stereocenters. The minimum absolute atomic E-state index is 0.208. The summed E-state index contributed by atoms with van der Waals surface area (Å²) in [5.41, 5.74) is 7.81. The van der Waals surface area contributed by atoms with E-state index >= 15 is 0 Å². The molecular weight excluding hydrogens is 196 g/mol. The Balaban J connectivity index is 2.28. The molecular formula is C10H12N2O3. The zero-order valence-corrected chi connectivity index (χ0v) is 8.10. The number of hydrogen-bond donors (Lipinski definition) is 2. The highest BCUT2D eigenvalue weighted by Crippen LogP contribution is 1.98. The van der Waals surface area contributed by atoms with Crippen molar-refractivity contribution < 1.29 is 14.4 Å². The molecule has 0 radical (unpaired) electrons. The van der Waals surface area contributed by atoms with E-state index < -0.39 is 5.91 Å². The fraction of sp³-hybridized carbons (Fsp3) is 0.200. The Kier molecular flexibility index (Phi) is 4.30. The van der Waals surface area contributed by atoms with Crippen molar-refractivity contribution >= 4 is 11.8 Å². The lowest BCUT2D eigenvalue weighted by atomic mass is 10.1. The summed E-state index contributed by atoms with van der Waals surface area (Å²) in [7, 11) is 0. The Morgan fingerprint density at radius 1 is 1.27 bits per heavy atom. The molecule has 0 saturated carbocycles. The Bertz CT molecular complexity index is 338. The molecule has 15 heavy (non-hydrogen) atoms. The number of carbonyl (C=O) groups is 2. The fourth-order valence-electron chi connectivity index (χ4n) is 1.01. The van der Waals surface area contributed by atoms with Crippen molar-refractivity contribution in [2.75, 3.05) is 6.61 Å². The third-order valence-corrected chi connectivity index (χ3v) is 1.61. The summed E-state index contributed by atoms with van der Waals surface area (Å²) in [4.78, 5) is 26.0. The van der Waals surface area contributed by atoms with Gasteiger partial charge in [0.25, 0.3) is 0 Å². The molecule has 3 N–H and O–H groups in total. The highest BCUT2D eigenvalue weighted by Gasteiger charge is 2.03. The molecule has 0 aliphatic rings. The SMILES string of the molecule is NC(=O)CONC(=O)Cc1ccccc1. The van der Waals surface area contributed by atoms with E-state index in [2.05, 4.69) is 10.3 Å². The highest BCUT2D eigenvalue weighted by molar-refractivity contribution is 5.78. The average molecular weight is 208 g/mol. The van der Waals surface area contributed by atoms with Gasteiger partial charge in [0.2, 0.25) is 11.8 Å². The number of nitrogens with one attached hydrogen (secondary N) is 1. The standard InChI is InChI=1S/C10H12N2O3/c11-9(13)7-15-12-10(14)6-8-4-2-1-3-5-8/h1-5H,6-7H2,(H2,11,13)(H,12,14). The lowest BCUT2D eigenvalue weighted by Gasteiger charge is -2.03. The maximum Gasteiger partial charge on any atom is 0.247 e. The van der Waals surface area contributed by atoms with Crippen LogP contribution in [0.2, 0.25) is 0 Å². The molecule has 5 heteroatoms. The van der Waals surface area contributed by atoms with E-state index in [9.17, 15) is 9.59 Å². The Labute approximate surface area is 87.2 Å². The molecule has 0 aromatic heterocycles. The van der Waals surface area contributed by atoms with Crippen LogP contribution in [-0.4, -0.2) is 18.4 Å². The highest BCUT2D eigenvalue weighted by atomic mass is 16.7. The quantitative estimate of drug-likeness (QED) is 0.655. The van der Waals surface area contributed by atoms with Crippen molar-refractivity contribution in [3.8, 4) is 0 Å². The molecule has 80 valence electrons. The maximum atomic E-state index is 11.2. The minimum Gasteiger partial charge on any atom is -0.368 e. The normalized spacial score (nSPS) is 9.60. The second kappa shape index (κ2) is 5.77. The molecule has 1 aromatic carbocycles. The molecule has 0 aliphatic carbocycles. The molecule has 0 spiro atoms. The van der Waals surface area contributed by atoms with Crippen LogP contribution < -0.4 is 11.2 Å². The summed E-state index contributed by atoms with van der Waals surface area (Å²) >= 11 is 0. The summed E-state index contributed by atoms with van der Waals surface area (Å²) in [6.07, 6.45) is 0.208. The lowest BCUT2D eigenvalue weighted by molar-refractivity contribution is -0.137. The topological polar surface area (TPSA) is 81.4 Å². The van der Waals surface area contributed by atoms with Crippen molar-refractivity contribution in [2.24, 2.45) is 5.73 Å². The smallest absolute Gasteiger partial charge is 0.247 e. The first-order valence-electron chi connectivity index (χ1n) is 4.41. The van der Waals surface area contributed by atoms with Gasteiger partial charge in [-0.1, -0.05) is 30.3 Å². The summed E-state index contributed by atoms with van der Waals surface area (Å²) in [5.74, 6) is -0.947. The molecule has 0 heterocycles. The number of hydrogen-bond acceptors (Lipinski definition) is 3. The summed E-state index contributed by atoms with van der Waals surface area (Å²) in [6, 6.07) is 9.20. The van der Waals surface area contributed by atoms with Crippen LogP contribution >= 0.6 is 0 Å². The second-order valence-electron chi connectivity index (χ2n) is 2.94. The molecule has 0 fully saturated rings. The third kappa shape index (κ3) is 4.78. The molecule has 0 bridgehead atoms. The number of benzene rings is 1. The first-order valence-corrected chi connectivity index (χ1v) is 4.41. The van der Waals surface area contributed by atoms with Crippen molar-refractivity contribution in [2.45, 2.75) is 6.42 Å². The zero-order chi connectivity index (χ0) is 11.1. The second-order valence-corrected chi connectivity index (χ2v) is 2.94. The van der Waals surface area contributed by atoms with Crippen molar-refractivity contribution in [3.05, 3.63) is 35.9 Å². The summed E-state index contributed by atoms with van der Waals surface area (Å²) in [5, 5.41) is 0. The van der Waals surface area contributed by atoms with Gasteiger partial charge < -0.3 is 5.73 Å². The van der Waals surface area contributed by atoms with Gasteiger partial charge in [0.15, 0.2) is 6.61 Å². The lowest BCUT2D eigenvalue weighted by Crippen LogP contribution is -2.30. The largest absolute Gasteiger partial charge is 0.368 e. The molecule has 0 aliphatic heterocycles. The number of nitrogens with two attached hydrogens (primary N) is 1. The number of hydroxylamine groups is 1. The first-order chi connectivity index (χ1) is 7.18. The predicted molar refractivity (Wildman–Crippen MR) is 53.4 cm³/mol. The Morgan fingerprint density at radius 2 is 1.93 bits per heavy atom. The molecule has 0 unspecified atom stereocenters. The van der Waals surface area contributed by atoms with Gasteiger partial charge in [-0.05, 0) is 5.56 Å². The van der Waals surface area contributed by atoms with Gasteiger partial charge in [-0.15, -0.1) is 0 Å². The van der Waals surface area contributed by atoms with Crippen molar-refractivity contribution in [1.82, 2.24) is 5.48 Å². The van der Waals surface area contributed by atoms with Crippen molar-refractivity contribution in [3.63, 3.8) is 0 Å². The van der Waals surface area contributed by atoms with E-state index in [0.717, 1.165) is 5.56 Å². The number of amides is 2. The molecule has 1 rings (SSSR count). The third-order valence-electron chi connectivity index (χ3n) is 1.61. The molecule has 1 aromatic rings. The number of carbonyl (C=O) groups excluding carboxylic acids is 2. The Hall–Kier alpha value is -1.88. The van der Waals surface area contributed by atoms with Crippen LogP contribution in [0.5, 0.6) is 0 Å². The van der Waals surface area contributed by atoms with Gasteiger partial charge in [-0.25, -0.2) is 5.48 Å². The first kappa shape index (κ1) is 11.2. The molecule has 5 nitrogen and oxygen atoms in total. The van der Waals surface area contributed by atoms with E-state index in [4.69, 9.17) is 5.73 Å². The number of rotatable bonds is 5. The van der Waals surface area contributed by atoms with E-state index in [1.165, 1.54) is 0 Å². The maximum absolute atomic E-state index is 11.2. The van der Waals surface area contributed by atoms with Crippen LogP contribution in [-0.2, 0) is 20.8 Å². The van der Waals surface area contributed by atoms with Crippen LogP contribution in [0.1, 0.15) is 5.56 Å². The van der Waals surface area contributed by atoms with Gasteiger partial charge >= 0.3 is 0 Å². The van der Waals surface area contributed by atoms with E-state index in [1.807, 2.05) is 30.3 Å². The monoisotopic (exact) mass is 208 g/mol. The van der Waals surface area contributed by atoms with Crippen LogP contribution in [0.25, 0.3) is 0 Å². The van der Waals surface area contributed by atoms with E-state index in [0.29, 0.717) is 0 Å². The van der Waals surface area contributed by atoms with Crippen LogP contribution in [0.15, 0.2) is 30.3 Å². The van der Waals surface area contributed by atoms with Gasteiger partial charge in [-0.2, -0.15) is 0 Å². The van der Waals surface area contributed by atoms with Gasteiger partial charge in [0, 0.05) is 0 Å². The van der Waals surface area contributed by atoms with Gasteiger partial charge in [0.05, 0.1) is 6.42 Å². The predicted octanol–water partition coefficient (Wildman–Crippen LogP) is -0.238. The molecule has 0 saturated heterocycles. The number of primary amides is 1. The summed E-state index contributed by atoms with van der Waals surface area (Å²) in [6.45, 7) is -0.319. The summed E-state index contributed by atoms with van der Waals surface area (Å²) < 4.78 is 0. The van der Waals surface area contributed by atoms with Gasteiger partial charge in [0.1, 0.15) is 0 Å². The van der Waals surface area contributed by atoms with Crippen LogP contribution in [0.4, 0.5) is 0 Å². The zero-order valence-electron chi connectivity index (χ0n) is 8.10. The van der Waals surface area contributed by atoms with E-state index in [1.54, 1.807) is 0 Å². The van der Waals surface area contributed by atoms with Crippen LogP contribution in [0, 0.1) is 0 Å². The molecule has 2 amide bonds.